The smallest absolute Gasteiger partial charge is 0.0615 e. The summed E-state index contributed by atoms with van der Waals surface area (Å²) in [4.78, 5) is 5.30. The van der Waals surface area contributed by atoms with Crippen molar-refractivity contribution in [2.24, 2.45) is 22.7 Å². The third-order valence-corrected chi connectivity index (χ3v) is 6.05. The van der Waals surface area contributed by atoms with Crippen LogP contribution in [0, 0.1) is 17.8 Å². The lowest BCUT2D eigenvalue weighted by Crippen LogP contribution is -2.49. The molecule has 1 aromatic carbocycles. The molecular formula is C20H27N. The van der Waals surface area contributed by atoms with Crippen molar-refractivity contribution in [3.8, 4) is 0 Å². The molecule has 1 nitrogen and oxygen atoms in total. The highest BCUT2D eigenvalue weighted by molar-refractivity contribution is 5.82. The number of nitrogens with zero attached hydrogens (tertiary/aromatic N) is 1. The lowest BCUT2D eigenvalue weighted by atomic mass is 9.53. The second-order valence-electron chi connectivity index (χ2n) is 7.97. The number of hydrogen-bond acceptors (Lipinski definition) is 1. The summed E-state index contributed by atoms with van der Waals surface area (Å²) in [6, 6.07) is 10.8. The van der Waals surface area contributed by atoms with E-state index in [4.69, 9.17) is 4.99 Å². The van der Waals surface area contributed by atoms with Gasteiger partial charge in [-0.3, -0.25) is 4.99 Å². The lowest BCUT2D eigenvalue weighted by Gasteiger charge is -2.55. The number of rotatable bonds is 4. The average Bonchev–Trinajstić information content (AvgIpc) is 2.44. The van der Waals surface area contributed by atoms with Gasteiger partial charge in [-0.2, -0.15) is 0 Å². The van der Waals surface area contributed by atoms with Crippen LogP contribution < -0.4 is 0 Å². The predicted octanol–water partition coefficient (Wildman–Crippen LogP) is 5.05. The van der Waals surface area contributed by atoms with E-state index < -0.39 is 0 Å². The second-order valence-corrected chi connectivity index (χ2v) is 7.97. The molecule has 0 heterocycles. The molecule has 112 valence electrons. The van der Waals surface area contributed by atoms with Crippen molar-refractivity contribution in [2.75, 3.05) is 0 Å². The minimum Gasteiger partial charge on any atom is -0.288 e. The van der Waals surface area contributed by atoms with Crippen LogP contribution in [0.25, 0.3) is 0 Å². The van der Waals surface area contributed by atoms with Crippen LogP contribution >= 0.6 is 0 Å². The number of hydrogen-bond donors (Lipinski definition) is 0. The Balaban J connectivity index is 1.44. The van der Waals surface area contributed by atoms with Gasteiger partial charge in [0, 0.05) is 5.71 Å². The minimum atomic E-state index is 0.357. The molecule has 1 aromatic rings. The van der Waals surface area contributed by atoms with Gasteiger partial charge >= 0.3 is 0 Å². The van der Waals surface area contributed by atoms with E-state index in [0.717, 1.165) is 30.6 Å². The summed E-state index contributed by atoms with van der Waals surface area (Å²) < 4.78 is 0. The summed E-state index contributed by atoms with van der Waals surface area (Å²) in [5.74, 6) is 3.01. The van der Waals surface area contributed by atoms with E-state index in [-0.39, 0.29) is 0 Å². The van der Waals surface area contributed by atoms with Crippen LogP contribution in [0.4, 0.5) is 0 Å². The Bertz CT molecular complexity index is 493. The molecule has 0 amide bonds. The minimum absolute atomic E-state index is 0.357. The third kappa shape index (κ3) is 2.80. The van der Waals surface area contributed by atoms with Gasteiger partial charge in [0.1, 0.15) is 0 Å². The molecule has 5 rings (SSSR count). The Kier molecular flexibility index (Phi) is 3.40. The van der Waals surface area contributed by atoms with E-state index in [1.54, 1.807) is 0 Å². The van der Waals surface area contributed by atoms with E-state index in [0.29, 0.717) is 5.54 Å². The van der Waals surface area contributed by atoms with E-state index in [1.165, 1.54) is 49.8 Å². The zero-order chi connectivity index (χ0) is 14.3. The molecule has 1 heteroatoms. The van der Waals surface area contributed by atoms with Crippen molar-refractivity contribution >= 4 is 5.71 Å². The summed E-state index contributed by atoms with van der Waals surface area (Å²) in [6.45, 7) is 2.27. The summed E-state index contributed by atoms with van der Waals surface area (Å²) in [5, 5.41) is 0. The van der Waals surface area contributed by atoms with Crippen LogP contribution in [-0.2, 0) is 6.42 Å². The molecule has 21 heavy (non-hydrogen) atoms. The average molecular weight is 281 g/mol. The molecule has 4 aliphatic carbocycles. The van der Waals surface area contributed by atoms with E-state index in [9.17, 15) is 0 Å². The molecule has 0 saturated heterocycles. The maximum absolute atomic E-state index is 5.30. The van der Waals surface area contributed by atoms with E-state index in [1.807, 2.05) is 0 Å². The zero-order valence-corrected chi connectivity index (χ0v) is 13.2. The summed E-state index contributed by atoms with van der Waals surface area (Å²) in [5.41, 5.74) is 3.19. The molecule has 0 atom stereocenters. The first-order valence-corrected chi connectivity index (χ1v) is 8.80. The highest BCUT2D eigenvalue weighted by Gasteiger charge is 2.50. The third-order valence-electron chi connectivity index (χ3n) is 6.05. The molecule has 4 saturated carbocycles. The molecule has 0 N–H and O–H groups in total. The molecule has 0 spiro atoms. The van der Waals surface area contributed by atoms with Crippen LogP contribution in [-0.4, -0.2) is 11.3 Å². The van der Waals surface area contributed by atoms with E-state index in [2.05, 4.69) is 37.3 Å². The SMILES string of the molecule is CC(CCc1ccccc1)=NC12CC3CC(CC(C3)C1)C2. The van der Waals surface area contributed by atoms with Gasteiger partial charge in [0.2, 0.25) is 0 Å². The Morgan fingerprint density at radius 3 is 2.14 bits per heavy atom. The molecule has 0 radical (unpaired) electrons. The topological polar surface area (TPSA) is 12.4 Å². The van der Waals surface area contributed by atoms with E-state index >= 15 is 0 Å². The Hall–Kier alpha value is -1.11. The maximum atomic E-state index is 5.30. The fourth-order valence-corrected chi connectivity index (χ4v) is 5.63. The van der Waals surface area contributed by atoms with Gasteiger partial charge in [-0.25, -0.2) is 0 Å². The number of aliphatic imine (C=N–C) groups is 1. The van der Waals surface area contributed by atoms with Gasteiger partial charge in [-0.1, -0.05) is 30.3 Å². The first-order valence-electron chi connectivity index (χ1n) is 8.80. The number of benzene rings is 1. The lowest BCUT2D eigenvalue weighted by molar-refractivity contribution is 0.00157. The van der Waals surface area contributed by atoms with Gasteiger partial charge in [0.05, 0.1) is 5.54 Å². The largest absolute Gasteiger partial charge is 0.288 e. The van der Waals surface area contributed by atoms with Gasteiger partial charge in [-0.05, 0) is 81.6 Å². The normalized spacial score (nSPS) is 38.0. The summed E-state index contributed by atoms with van der Waals surface area (Å²) >= 11 is 0. The van der Waals surface area contributed by atoms with Gasteiger partial charge in [0.25, 0.3) is 0 Å². The standard InChI is InChI=1S/C20H27N/c1-15(7-8-16-5-3-2-4-6-16)21-20-12-17-9-18(13-20)11-19(10-17)14-20/h2-6,17-19H,7-14H2,1H3. The van der Waals surface area contributed by atoms with Crippen molar-refractivity contribution < 1.29 is 0 Å². The Labute approximate surface area is 128 Å². The van der Waals surface area contributed by atoms with Crippen LogP contribution in [0.3, 0.4) is 0 Å². The monoisotopic (exact) mass is 281 g/mol. The maximum Gasteiger partial charge on any atom is 0.0615 e. The second kappa shape index (κ2) is 5.26. The quantitative estimate of drug-likeness (QED) is 0.685. The van der Waals surface area contributed by atoms with Crippen molar-refractivity contribution in [3.63, 3.8) is 0 Å². The molecular weight excluding hydrogens is 254 g/mol. The Morgan fingerprint density at radius 1 is 1.00 bits per heavy atom. The molecule has 0 aliphatic heterocycles. The van der Waals surface area contributed by atoms with Crippen molar-refractivity contribution in [1.82, 2.24) is 0 Å². The zero-order valence-electron chi connectivity index (χ0n) is 13.2. The molecule has 0 unspecified atom stereocenters. The van der Waals surface area contributed by atoms with Crippen LogP contribution in [0.2, 0.25) is 0 Å². The van der Waals surface area contributed by atoms with Crippen LogP contribution in [0.5, 0.6) is 0 Å². The summed E-state index contributed by atoms with van der Waals surface area (Å²) in [7, 11) is 0. The molecule has 0 aromatic heterocycles. The van der Waals surface area contributed by atoms with Gasteiger partial charge in [0.15, 0.2) is 0 Å². The number of aryl methyl sites for hydroxylation is 1. The fourth-order valence-electron chi connectivity index (χ4n) is 5.63. The molecule has 4 fully saturated rings. The highest BCUT2D eigenvalue weighted by Crippen LogP contribution is 2.57. The Morgan fingerprint density at radius 2 is 1.57 bits per heavy atom. The first kappa shape index (κ1) is 13.5. The van der Waals surface area contributed by atoms with Gasteiger partial charge in [-0.15, -0.1) is 0 Å². The van der Waals surface area contributed by atoms with Crippen molar-refractivity contribution in [2.45, 2.75) is 63.8 Å². The van der Waals surface area contributed by atoms with Crippen LogP contribution in [0.1, 0.15) is 57.4 Å². The molecule has 4 bridgehead atoms. The summed E-state index contributed by atoms with van der Waals surface area (Å²) in [6.07, 6.45) is 11.0. The van der Waals surface area contributed by atoms with Crippen molar-refractivity contribution in [1.29, 1.82) is 0 Å². The molecule has 4 aliphatic rings. The predicted molar refractivity (Wildman–Crippen MR) is 88.8 cm³/mol. The van der Waals surface area contributed by atoms with Gasteiger partial charge < -0.3 is 0 Å². The first-order chi connectivity index (χ1) is 10.2. The van der Waals surface area contributed by atoms with Crippen LogP contribution in [0.15, 0.2) is 35.3 Å². The highest BCUT2D eigenvalue weighted by atomic mass is 14.9. The fraction of sp³-hybridized carbons (Fsp3) is 0.650. The van der Waals surface area contributed by atoms with Crippen molar-refractivity contribution in [3.05, 3.63) is 35.9 Å².